The molecule has 0 aliphatic carbocycles. The summed E-state index contributed by atoms with van der Waals surface area (Å²) < 4.78 is 0. The molecule has 0 saturated heterocycles. The van der Waals surface area contributed by atoms with Crippen molar-refractivity contribution in [2.24, 2.45) is 11.7 Å². The monoisotopic (exact) mass is 207 g/mol. The van der Waals surface area contributed by atoms with Crippen LogP contribution < -0.4 is 5.73 Å². The van der Waals surface area contributed by atoms with Gasteiger partial charge in [-0.25, -0.2) is 0 Å². The van der Waals surface area contributed by atoms with E-state index in [4.69, 9.17) is 5.73 Å². The molecule has 0 aliphatic heterocycles. The van der Waals surface area contributed by atoms with Crippen molar-refractivity contribution in [2.75, 3.05) is 6.54 Å². The minimum atomic E-state index is -0.786. The molecule has 15 heavy (non-hydrogen) atoms. The maximum Gasteiger partial charge on any atom is 0.0832 e. The number of rotatable bonds is 4. The molecule has 1 rings (SSSR count). The van der Waals surface area contributed by atoms with Crippen molar-refractivity contribution in [1.82, 2.24) is 0 Å². The smallest absolute Gasteiger partial charge is 0.0832 e. The lowest BCUT2D eigenvalue weighted by molar-refractivity contribution is 0.00395. The van der Waals surface area contributed by atoms with Crippen LogP contribution >= 0.6 is 0 Å². The van der Waals surface area contributed by atoms with Gasteiger partial charge in [0.25, 0.3) is 0 Å². The Morgan fingerprint density at radius 2 is 1.93 bits per heavy atom. The van der Waals surface area contributed by atoms with E-state index in [2.05, 4.69) is 19.1 Å². The zero-order valence-electron chi connectivity index (χ0n) is 9.83. The highest BCUT2D eigenvalue weighted by atomic mass is 16.3. The average molecular weight is 207 g/mol. The average Bonchev–Trinajstić information content (AvgIpc) is 2.21. The number of hydrogen-bond acceptors (Lipinski definition) is 2. The molecule has 0 radical (unpaired) electrons. The minimum Gasteiger partial charge on any atom is -0.388 e. The first-order valence-corrected chi connectivity index (χ1v) is 5.46. The molecule has 84 valence electrons. The van der Waals surface area contributed by atoms with Crippen LogP contribution in [0, 0.1) is 12.8 Å². The van der Waals surface area contributed by atoms with Gasteiger partial charge in [-0.15, -0.1) is 0 Å². The Kier molecular flexibility index (Phi) is 3.89. The van der Waals surface area contributed by atoms with E-state index < -0.39 is 5.60 Å². The van der Waals surface area contributed by atoms with Crippen LogP contribution in [0.2, 0.25) is 0 Å². The second-order valence-electron chi connectivity index (χ2n) is 4.57. The number of aliphatic hydroxyl groups is 1. The Bertz CT molecular complexity index is 322. The molecule has 2 heteroatoms. The van der Waals surface area contributed by atoms with Crippen LogP contribution in [-0.4, -0.2) is 17.3 Å². The van der Waals surface area contributed by atoms with E-state index in [9.17, 15) is 5.11 Å². The molecular formula is C13H21NO. The fourth-order valence-electron chi connectivity index (χ4n) is 1.65. The van der Waals surface area contributed by atoms with Gasteiger partial charge in [-0.3, -0.25) is 0 Å². The molecule has 1 aromatic rings. The van der Waals surface area contributed by atoms with E-state index in [1.54, 1.807) is 0 Å². The molecule has 0 amide bonds. The molecular weight excluding hydrogens is 186 g/mol. The van der Waals surface area contributed by atoms with Crippen LogP contribution in [0.4, 0.5) is 0 Å². The molecule has 1 unspecified atom stereocenters. The third-order valence-corrected chi connectivity index (χ3v) is 3.19. The second-order valence-corrected chi connectivity index (χ2v) is 4.57. The highest BCUT2D eigenvalue weighted by Gasteiger charge is 2.29. The number of benzene rings is 1. The lowest BCUT2D eigenvalue weighted by atomic mass is 9.83. The zero-order chi connectivity index (χ0) is 11.5. The molecule has 0 aliphatic rings. The SMILES string of the molecule is Cc1ccccc1CC(O)(CN)C(C)C. The van der Waals surface area contributed by atoms with Crippen LogP contribution in [0.5, 0.6) is 0 Å². The van der Waals surface area contributed by atoms with Gasteiger partial charge in [-0.1, -0.05) is 38.1 Å². The van der Waals surface area contributed by atoms with Crippen LogP contribution in [0.3, 0.4) is 0 Å². The van der Waals surface area contributed by atoms with Gasteiger partial charge in [0.15, 0.2) is 0 Å². The Morgan fingerprint density at radius 1 is 1.33 bits per heavy atom. The Balaban J connectivity index is 2.89. The molecule has 0 spiro atoms. The zero-order valence-corrected chi connectivity index (χ0v) is 9.83. The summed E-state index contributed by atoms with van der Waals surface area (Å²) in [5.41, 5.74) is 7.26. The third kappa shape index (κ3) is 2.80. The highest BCUT2D eigenvalue weighted by molar-refractivity contribution is 5.27. The van der Waals surface area contributed by atoms with Crippen LogP contribution in [0.15, 0.2) is 24.3 Å². The lowest BCUT2D eigenvalue weighted by Crippen LogP contribution is -2.45. The van der Waals surface area contributed by atoms with Gasteiger partial charge in [0.05, 0.1) is 5.60 Å². The van der Waals surface area contributed by atoms with E-state index >= 15 is 0 Å². The summed E-state index contributed by atoms with van der Waals surface area (Å²) in [4.78, 5) is 0. The van der Waals surface area contributed by atoms with Crippen molar-refractivity contribution in [3.8, 4) is 0 Å². The van der Waals surface area contributed by atoms with Gasteiger partial charge in [-0.05, 0) is 24.0 Å². The van der Waals surface area contributed by atoms with Crippen LogP contribution in [-0.2, 0) is 6.42 Å². The fourth-order valence-corrected chi connectivity index (χ4v) is 1.65. The predicted molar refractivity (Wildman–Crippen MR) is 63.7 cm³/mol. The van der Waals surface area contributed by atoms with Crippen LogP contribution in [0.1, 0.15) is 25.0 Å². The fraction of sp³-hybridized carbons (Fsp3) is 0.538. The number of hydrogen-bond donors (Lipinski definition) is 2. The first-order chi connectivity index (χ1) is 6.99. The van der Waals surface area contributed by atoms with Crippen molar-refractivity contribution in [3.05, 3.63) is 35.4 Å². The largest absolute Gasteiger partial charge is 0.388 e. The molecule has 0 fully saturated rings. The summed E-state index contributed by atoms with van der Waals surface area (Å²) >= 11 is 0. The molecule has 0 heterocycles. The summed E-state index contributed by atoms with van der Waals surface area (Å²) in [5, 5.41) is 10.4. The van der Waals surface area contributed by atoms with Crippen molar-refractivity contribution >= 4 is 0 Å². The lowest BCUT2D eigenvalue weighted by Gasteiger charge is -2.31. The van der Waals surface area contributed by atoms with Crippen molar-refractivity contribution in [1.29, 1.82) is 0 Å². The first-order valence-electron chi connectivity index (χ1n) is 5.46. The van der Waals surface area contributed by atoms with E-state index in [1.807, 2.05) is 26.0 Å². The molecule has 2 nitrogen and oxygen atoms in total. The van der Waals surface area contributed by atoms with E-state index in [1.165, 1.54) is 11.1 Å². The normalized spacial score (nSPS) is 15.3. The van der Waals surface area contributed by atoms with Gasteiger partial charge >= 0.3 is 0 Å². The van der Waals surface area contributed by atoms with Gasteiger partial charge < -0.3 is 10.8 Å². The Labute approximate surface area is 92.1 Å². The topological polar surface area (TPSA) is 46.2 Å². The molecule has 1 atom stereocenters. The summed E-state index contributed by atoms with van der Waals surface area (Å²) in [6, 6.07) is 8.13. The maximum atomic E-state index is 10.4. The number of nitrogens with two attached hydrogens (primary N) is 1. The van der Waals surface area contributed by atoms with E-state index in [0.29, 0.717) is 13.0 Å². The standard InChI is InChI=1S/C13H21NO/c1-10(2)13(15,9-14)8-12-7-5-4-6-11(12)3/h4-7,10,15H,8-9,14H2,1-3H3. The van der Waals surface area contributed by atoms with Gasteiger partial charge in [0.1, 0.15) is 0 Å². The summed E-state index contributed by atoms with van der Waals surface area (Å²) in [6.07, 6.45) is 0.633. The molecule has 0 saturated carbocycles. The highest BCUT2D eigenvalue weighted by Crippen LogP contribution is 2.22. The maximum absolute atomic E-state index is 10.4. The van der Waals surface area contributed by atoms with E-state index in [-0.39, 0.29) is 5.92 Å². The molecule has 0 aromatic heterocycles. The van der Waals surface area contributed by atoms with Crippen molar-refractivity contribution in [3.63, 3.8) is 0 Å². The second kappa shape index (κ2) is 4.77. The van der Waals surface area contributed by atoms with Gasteiger partial charge in [-0.2, -0.15) is 0 Å². The number of aryl methyl sites for hydroxylation is 1. The quantitative estimate of drug-likeness (QED) is 0.792. The van der Waals surface area contributed by atoms with Gasteiger partial charge in [0, 0.05) is 13.0 Å². The Hall–Kier alpha value is -0.860. The van der Waals surface area contributed by atoms with E-state index in [0.717, 1.165) is 0 Å². The summed E-state index contributed by atoms with van der Waals surface area (Å²) in [5.74, 6) is 0.169. The first kappa shape index (κ1) is 12.2. The minimum absolute atomic E-state index is 0.169. The Morgan fingerprint density at radius 3 is 2.40 bits per heavy atom. The van der Waals surface area contributed by atoms with Crippen LogP contribution in [0.25, 0.3) is 0 Å². The summed E-state index contributed by atoms with van der Waals surface area (Å²) in [6.45, 7) is 6.38. The van der Waals surface area contributed by atoms with Crippen molar-refractivity contribution in [2.45, 2.75) is 32.8 Å². The predicted octanol–water partition coefficient (Wildman–Crippen LogP) is 1.88. The molecule has 0 bridgehead atoms. The molecule has 1 aromatic carbocycles. The van der Waals surface area contributed by atoms with Crippen molar-refractivity contribution < 1.29 is 5.11 Å². The molecule has 3 N–H and O–H groups in total. The third-order valence-electron chi connectivity index (χ3n) is 3.19. The summed E-state index contributed by atoms with van der Waals surface area (Å²) in [7, 11) is 0. The van der Waals surface area contributed by atoms with Gasteiger partial charge in [0.2, 0.25) is 0 Å².